The van der Waals surface area contributed by atoms with Crippen molar-refractivity contribution in [3.8, 4) is 0 Å². The lowest BCUT2D eigenvalue weighted by Gasteiger charge is -2.27. The normalized spacial score (nSPS) is 27.4. The summed E-state index contributed by atoms with van der Waals surface area (Å²) in [6, 6.07) is 0.323. The SMILES string of the molecule is CCN(CC)C(=O)C(C)NC1=NC2CCCC2CS1. The second-order valence-electron chi connectivity index (χ2n) is 5.38. The fraction of sp³-hybridized carbons (Fsp3) is 0.857. The molecule has 0 aromatic heterocycles. The van der Waals surface area contributed by atoms with Gasteiger partial charge < -0.3 is 10.2 Å². The maximum absolute atomic E-state index is 12.2. The number of aliphatic imine (C=N–C) groups is 1. The molecule has 0 aromatic rings. The van der Waals surface area contributed by atoms with Crippen LogP contribution in [-0.2, 0) is 4.79 Å². The van der Waals surface area contributed by atoms with Crippen LogP contribution in [0.25, 0.3) is 0 Å². The lowest BCUT2D eigenvalue weighted by molar-refractivity contribution is -0.132. The highest BCUT2D eigenvalue weighted by Gasteiger charge is 2.31. The Bertz CT molecular complexity index is 355. The molecule has 19 heavy (non-hydrogen) atoms. The van der Waals surface area contributed by atoms with E-state index in [0.29, 0.717) is 6.04 Å². The van der Waals surface area contributed by atoms with Crippen molar-refractivity contribution in [2.24, 2.45) is 10.9 Å². The summed E-state index contributed by atoms with van der Waals surface area (Å²) in [5.74, 6) is 2.09. The average molecular weight is 283 g/mol. The van der Waals surface area contributed by atoms with Crippen molar-refractivity contribution in [1.29, 1.82) is 0 Å². The highest BCUT2D eigenvalue weighted by atomic mass is 32.2. The maximum Gasteiger partial charge on any atom is 0.244 e. The zero-order valence-electron chi connectivity index (χ0n) is 12.2. The van der Waals surface area contributed by atoms with Crippen LogP contribution in [0.5, 0.6) is 0 Å². The molecule has 0 saturated heterocycles. The summed E-state index contributed by atoms with van der Waals surface area (Å²) in [5, 5.41) is 4.27. The standard InChI is InChI=1S/C14H25N3OS/c1-4-17(5-2)13(18)10(3)15-14-16-12-8-6-7-11(12)9-19-14/h10-12H,4-9H2,1-3H3,(H,15,16). The van der Waals surface area contributed by atoms with Crippen molar-refractivity contribution < 1.29 is 4.79 Å². The van der Waals surface area contributed by atoms with E-state index in [1.165, 1.54) is 19.3 Å². The van der Waals surface area contributed by atoms with Crippen molar-refractivity contribution in [1.82, 2.24) is 10.2 Å². The zero-order valence-corrected chi connectivity index (χ0v) is 13.0. The number of rotatable bonds is 4. The summed E-state index contributed by atoms with van der Waals surface area (Å²) in [6.07, 6.45) is 3.85. The minimum Gasteiger partial charge on any atom is -0.353 e. The molecule has 1 aliphatic heterocycles. The number of carbonyl (C=O) groups is 1. The Labute approximate surface area is 120 Å². The van der Waals surface area contributed by atoms with Crippen LogP contribution in [0.15, 0.2) is 4.99 Å². The largest absolute Gasteiger partial charge is 0.353 e. The third kappa shape index (κ3) is 3.44. The van der Waals surface area contributed by atoms with Crippen molar-refractivity contribution in [3.63, 3.8) is 0 Å². The summed E-state index contributed by atoms with van der Waals surface area (Å²) < 4.78 is 0. The molecule has 1 fully saturated rings. The van der Waals surface area contributed by atoms with Gasteiger partial charge in [-0.3, -0.25) is 9.79 Å². The number of fused-ring (bicyclic) bond motifs is 1. The first-order valence-electron chi connectivity index (χ1n) is 7.41. The number of amidine groups is 1. The predicted molar refractivity (Wildman–Crippen MR) is 81.5 cm³/mol. The number of likely N-dealkylation sites (N-methyl/N-ethyl adjacent to an activating group) is 1. The molecule has 1 heterocycles. The van der Waals surface area contributed by atoms with Gasteiger partial charge in [0.05, 0.1) is 6.04 Å². The van der Waals surface area contributed by atoms with Gasteiger partial charge in [0.15, 0.2) is 5.17 Å². The van der Waals surface area contributed by atoms with E-state index in [2.05, 4.69) is 5.32 Å². The molecule has 1 saturated carbocycles. The summed E-state index contributed by atoms with van der Waals surface area (Å²) in [5.41, 5.74) is 0. The summed E-state index contributed by atoms with van der Waals surface area (Å²) in [4.78, 5) is 18.8. The highest BCUT2D eigenvalue weighted by molar-refractivity contribution is 8.13. The van der Waals surface area contributed by atoms with Gasteiger partial charge in [-0.15, -0.1) is 0 Å². The molecule has 0 aromatic carbocycles. The minimum atomic E-state index is -0.177. The first-order chi connectivity index (χ1) is 9.15. The van der Waals surface area contributed by atoms with Crippen LogP contribution in [0.1, 0.15) is 40.0 Å². The number of hydrogen-bond donors (Lipinski definition) is 1. The van der Waals surface area contributed by atoms with E-state index >= 15 is 0 Å². The van der Waals surface area contributed by atoms with Gasteiger partial charge in [0.1, 0.15) is 6.04 Å². The second kappa shape index (κ2) is 6.64. The minimum absolute atomic E-state index is 0.168. The van der Waals surface area contributed by atoms with Gasteiger partial charge >= 0.3 is 0 Å². The Morgan fingerprint density at radius 2 is 2.21 bits per heavy atom. The monoisotopic (exact) mass is 283 g/mol. The van der Waals surface area contributed by atoms with E-state index in [-0.39, 0.29) is 11.9 Å². The summed E-state index contributed by atoms with van der Waals surface area (Å²) in [7, 11) is 0. The topological polar surface area (TPSA) is 44.7 Å². The van der Waals surface area contributed by atoms with E-state index in [1.807, 2.05) is 25.7 Å². The molecule has 1 aliphatic carbocycles. The van der Waals surface area contributed by atoms with Gasteiger partial charge in [-0.05, 0) is 39.5 Å². The van der Waals surface area contributed by atoms with Gasteiger partial charge in [-0.2, -0.15) is 0 Å². The molecule has 2 rings (SSSR count). The van der Waals surface area contributed by atoms with E-state index in [1.54, 1.807) is 11.8 Å². The second-order valence-corrected chi connectivity index (χ2v) is 6.39. The van der Waals surface area contributed by atoms with E-state index < -0.39 is 0 Å². The third-order valence-electron chi connectivity index (χ3n) is 4.12. The van der Waals surface area contributed by atoms with Crippen LogP contribution in [0, 0.1) is 5.92 Å². The molecule has 5 heteroatoms. The molecular formula is C14H25N3OS. The van der Waals surface area contributed by atoms with Crippen molar-refractivity contribution in [2.45, 2.75) is 52.1 Å². The van der Waals surface area contributed by atoms with Crippen molar-refractivity contribution >= 4 is 22.8 Å². The van der Waals surface area contributed by atoms with E-state index in [4.69, 9.17) is 4.99 Å². The zero-order chi connectivity index (χ0) is 13.8. The van der Waals surface area contributed by atoms with Gasteiger partial charge in [0.2, 0.25) is 5.91 Å². The van der Waals surface area contributed by atoms with Gasteiger partial charge in [-0.25, -0.2) is 0 Å². The first-order valence-corrected chi connectivity index (χ1v) is 8.40. The number of amides is 1. The summed E-state index contributed by atoms with van der Waals surface area (Å²) in [6.45, 7) is 7.51. The Morgan fingerprint density at radius 3 is 2.89 bits per heavy atom. The predicted octanol–water partition coefficient (Wildman–Crippen LogP) is 2.10. The smallest absolute Gasteiger partial charge is 0.244 e. The molecule has 3 atom stereocenters. The van der Waals surface area contributed by atoms with Crippen LogP contribution in [0.2, 0.25) is 0 Å². The molecule has 108 valence electrons. The van der Waals surface area contributed by atoms with E-state index in [9.17, 15) is 4.79 Å². The molecule has 1 N–H and O–H groups in total. The number of hydrogen-bond acceptors (Lipinski definition) is 4. The quantitative estimate of drug-likeness (QED) is 0.859. The molecule has 1 amide bonds. The Balaban J connectivity index is 1.91. The van der Waals surface area contributed by atoms with Crippen LogP contribution >= 0.6 is 11.8 Å². The fourth-order valence-corrected chi connectivity index (χ4v) is 4.12. The number of nitrogens with one attached hydrogen (secondary N) is 1. The van der Waals surface area contributed by atoms with Gasteiger partial charge in [0.25, 0.3) is 0 Å². The van der Waals surface area contributed by atoms with Gasteiger partial charge in [0, 0.05) is 18.8 Å². The summed E-state index contributed by atoms with van der Waals surface area (Å²) >= 11 is 1.78. The molecular weight excluding hydrogens is 258 g/mol. The molecule has 2 aliphatic rings. The molecule has 0 radical (unpaired) electrons. The highest BCUT2D eigenvalue weighted by Crippen LogP contribution is 2.35. The van der Waals surface area contributed by atoms with Crippen LogP contribution < -0.4 is 5.32 Å². The third-order valence-corrected chi connectivity index (χ3v) is 5.21. The lowest BCUT2D eigenvalue weighted by Crippen LogP contribution is -2.47. The molecule has 0 bridgehead atoms. The lowest BCUT2D eigenvalue weighted by atomic mass is 10.1. The Hall–Kier alpha value is -0.710. The van der Waals surface area contributed by atoms with Crippen LogP contribution in [0.3, 0.4) is 0 Å². The van der Waals surface area contributed by atoms with Gasteiger partial charge in [-0.1, -0.05) is 18.2 Å². The Kier molecular flexibility index (Phi) is 5.13. The Morgan fingerprint density at radius 1 is 1.47 bits per heavy atom. The molecule has 0 spiro atoms. The fourth-order valence-electron chi connectivity index (χ4n) is 2.89. The first kappa shape index (κ1) is 14.7. The molecule has 3 unspecified atom stereocenters. The van der Waals surface area contributed by atoms with Crippen molar-refractivity contribution in [2.75, 3.05) is 18.8 Å². The number of carbonyl (C=O) groups excluding carboxylic acids is 1. The maximum atomic E-state index is 12.2. The van der Waals surface area contributed by atoms with Crippen LogP contribution in [-0.4, -0.2) is 46.9 Å². The van der Waals surface area contributed by atoms with Crippen LogP contribution in [0.4, 0.5) is 0 Å². The molecule has 4 nitrogen and oxygen atoms in total. The average Bonchev–Trinajstić information content (AvgIpc) is 2.87. The van der Waals surface area contributed by atoms with Crippen molar-refractivity contribution in [3.05, 3.63) is 0 Å². The number of nitrogens with zero attached hydrogens (tertiary/aromatic N) is 2. The number of thioether (sulfide) groups is 1. The van der Waals surface area contributed by atoms with E-state index in [0.717, 1.165) is 29.9 Å².